The lowest BCUT2D eigenvalue weighted by molar-refractivity contribution is -0.386. The normalized spacial score (nSPS) is 11.0. The van der Waals surface area contributed by atoms with E-state index in [-0.39, 0.29) is 39.5 Å². The molecule has 4 heterocycles. The summed E-state index contributed by atoms with van der Waals surface area (Å²) in [7, 11) is 0. The Labute approximate surface area is 415 Å². The van der Waals surface area contributed by atoms with Gasteiger partial charge in [0.25, 0.3) is 17.1 Å². The van der Waals surface area contributed by atoms with Crippen LogP contribution in [-0.4, -0.2) is 57.0 Å². The molecule has 0 aliphatic rings. The number of carbonyl (C=O) groups excluding carboxylic acids is 2. The Hall–Kier alpha value is -6.18. The molecular weight excluding hydrogens is 1030 g/mol. The van der Waals surface area contributed by atoms with Crippen LogP contribution in [0.1, 0.15) is 64.1 Å². The quantitative estimate of drug-likeness (QED) is 0.0377. The molecule has 0 spiro atoms. The van der Waals surface area contributed by atoms with Crippen LogP contribution in [-0.2, 0) is 0 Å². The summed E-state index contributed by atoms with van der Waals surface area (Å²) in [5, 5.41) is 62.9. The summed E-state index contributed by atoms with van der Waals surface area (Å²) in [5.74, 6) is -0.190. The fourth-order valence-electron chi connectivity index (χ4n) is 5.08. The highest BCUT2D eigenvalue weighted by molar-refractivity contribution is 7.12. The highest BCUT2D eigenvalue weighted by atomic mass is 35.5. The number of anilines is 1. The molecule has 8 rings (SSSR count). The molecule has 0 aliphatic carbocycles. The third kappa shape index (κ3) is 16.0. The Balaban J connectivity index is 0.000000188. The summed E-state index contributed by atoms with van der Waals surface area (Å²) in [6.07, 6.45) is 4.59. The number of hydrogen-bond donors (Lipinski definition) is 3. The highest BCUT2D eigenvalue weighted by Crippen LogP contribution is 2.34. The number of nitrogens with zero attached hydrogens (tertiary/aromatic N) is 7. The minimum atomic E-state index is -1.13. The lowest BCUT2D eigenvalue weighted by atomic mass is 10.1. The fraction of sp³-hybridized carbons (Fsp3) is 0.0732. The molecule has 18 nitrogen and oxygen atoms in total. The molecule has 8 aromatic rings. The molecule has 4 N–H and O–H groups in total. The van der Waals surface area contributed by atoms with E-state index in [1.54, 1.807) is 58.1 Å². The number of nitro groups is 3. The minimum Gasteiger partial charge on any atom is -0.398 e. The molecule has 346 valence electrons. The van der Waals surface area contributed by atoms with Crippen molar-refractivity contribution in [3.05, 3.63) is 212 Å². The summed E-state index contributed by atoms with van der Waals surface area (Å²) in [5.41, 5.74) is 6.24. The highest BCUT2D eigenvalue weighted by Gasteiger charge is 2.25. The Bertz CT molecular complexity index is 2820. The van der Waals surface area contributed by atoms with Gasteiger partial charge in [0.2, 0.25) is 5.78 Å². The van der Waals surface area contributed by atoms with Gasteiger partial charge in [-0.25, -0.2) is 15.0 Å². The molecule has 0 amide bonds. The number of carbonyl (C=O) groups is 2. The number of halogens is 4. The summed E-state index contributed by atoms with van der Waals surface area (Å²) in [6, 6.07) is 16.8. The number of ketones is 1. The van der Waals surface area contributed by atoms with Gasteiger partial charge < -0.3 is 15.9 Å². The third-order valence-electron chi connectivity index (χ3n) is 8.09. The van der Waals surface area contributed by atoms with Crippen molar-refractivity contribution in [2.24, 2.45) is 0 Å². The Kier molecular flexibility index (Phi) is 20.9. The molecule has 2 atom stereocenters. The number of aldehydes is 1. The second kappa shape index (κ2) is 26.2. The van der Waals surface area contributed by atoms with Crippen LogP contribution in [0.3, 0.4) is 0 Å². The van der Waals surface area contributed by atoms with Gasteiger partial charge in [-0.3, -0.25) is 44.9 Å². The topological polar surface area (TPSA) is 282 Å². The number of nitro benzene ring substituents is 3. The van der Waals surface area contributed by atoms with Gasteiger partial charge in [-0.15, -0.1) is 45.3 Å². The molecule has 67 heavy (non-hydrogen) atoms. The number of aliphatic hydroxyl groups excluding tert-OH is 2. The van der Waals surface area contributed by atoms with Crippen LogP contribution < -0.4 is 5.73 Å². The lowest BCUT2D eigenvalue weighted by Gasteiger charge is -2.08. The average Bonchev–Trinajstić information content (AvgIpc) is 4.17. The second-order valence-electron chi connectivity index (χ2n) is 12.5. The lowest BCUT2D eigenvalue weighted by Crippen LogP contribution is -2.04. The first kappa shape index (κ1) is 53.4. The molecule has 0 fully saturated rings. The van der Waals surface area contributed by atoms with Crippen molar-refractivity contribution in [2.45, 2.75) is 19.1 Å². The predicted octanol–water partition coefficient (Wildman–Crippen LogP) is 11.7. The van der Waals surface area contributed by atoms with E-state index in [1.807, 2.05) is 12.3 Å². The Morgan fingerprint density at radius 3 is 1.42 bits per heavy atom. The monoisotopic (exact) mass is 1060 g/mol. The fourth-order valence-corrected chi connectivity index (χ4v) is 8.10. The van der Waals surface area contributed by atoms with Crippen molar-refractivity contribution < 1.29 is 34.6 Å². The van der Waals surface area contributed by atoms with Crippen molar-refractivity contribution in [1.29, 1.82) is 0 Å². The van der Waals surface area contributed by atoms with Crippen molar-refractivity contribution in [2.75, 3.05) is 5.73 Å². The van der Waals surface area contributed by atoms with Gasteiger partial charge in [0.1, 0.15) is 22.2 Å². The van der Waals surface area contributed by atoms with Gasteiger partial charge >= 0.3 is 0 Å². The van der Waals surface area contributed by atoms with Gasteiger partial charge in [0.05, 0.1) is 36.5 Å². The summed E-state index contributed by atoms with van der Waals surface area (Å²) in [4.78, 5) is 68.2. The standard InChI is InChI=1S/2C10H7ClN2O3S.C10H7ClN2OS.C7H4ClNO3.C4H5NS/c2*11-6-1-2-8(13(15)16)7(5-6)9(14)10-12-3-4-17-10;11-6-1-2-8(12)7(5-6)9(14)10-13-3-4-15-10;8-6-1-2-7(9(11)12)5(3-6)4-10;1-4-5-2-3-6-4/h2*1-5,9,14H;1-5H,12H2;1-4H;2-3H,1H3. The van der Waals surface area contributed by atoms with Crippen molar-refractivity contribution in [1.82, 2.24) is 19.9 Å². The maximum absolute atomic E-state index is 11.9. The summed E-state index contributed by atoms with van der Waals surface area (Å²) in [6.45, 7) is 1.99. The SMILES string of the molecule is Cc1nccs1.Nc1ccc(Cl)cc1C(=O)c1nccs1.O=Cc1cc(Cl)ccc1[N+](=O)[O-].O=[N+]([O-])c1ccc(Cl)cc1C(O)c1nccs1.O=[N+]([O-])c1ccc(Cl)cc1C(O)c1nccs1. The maximum Gasteiger partial charge on any atom is 0.279 e. The minimum absolute atomic E-state index is 0.00694. The molecule has 4 aromatic heterocycles. The van der Waals surface area contributed by atoms with Gasteiger partial charge in [-0.05, 0) is 61.5 Å². The van der Waals surface area contributed by atoms with Gasteiger partial charge in [0, 0.05) is 95.8 Å². The van der Waals surface area contributed by atoms with Crippen molar-refractivity contribution >= 4 is 127 Å². The van der Waals surface area contributed by atoms with E-state index in [0.717, 1.165) is 5.01 Å². The van der Waals surface area contributed by atoms with E-state index in [1.165, 1.54) is 101 Å². The van der Waals surface area contributed by atoms with Crippen molar-refractivity contribution in [3.8, 4) is 0 Å². The van der Waals surface area contributed by atoms with Crippen LogP contribution in [0, 0.1) is 37.3 Å². The summed E-state index contributed by atoms with van der Waals surface area (Å²) < 4.78 is 0. The van der Waals surface area contributed by atoms with Crippen LogP contribution in [0.25, 0.3) is 0 Å². The number of hydrogen-bond acceptors (Lipinski definition) is 19. The number of aromatic nitrogens is 4. The summed E-state index contributed by atoms with van der Waals surface area (Å²) >= 11 is 28.3. The average molecular weight is 1060 g/mol. The van der Waals surface area contributed by atoms with Gasteiger partial charge in [0.15, 0.2) is 11.3 Å². The van der Waals surface area contributed by atoms with Crippen LogP contribution in [0.4, 0.5) is 22.7 Å². The number of nitrogen functional groups attached to an aromatic ring is 1. The first-order valence-corrected chi connectivity index (χ1v) is 23.2. The van der Waals surface area contributed by atoms with Gasteiger partial charge in [-0.2, -0.15) is 0 Å². The molecule has 4 aromatic carbocycles. The molecule has 0 radical (unpaired) electrons. The smallest absolute Gasteiger partial charge is 0.279 e. The Morgan fingerprint density at radius 1 is 0.612 bits per heavy atom. The van der Waals surface area contributed by atoms with E-state index in [0.29, 0.717) is 52.7 Å². The number of nitrogens with two attached hydrogens (primary N) is 1. The largest absolute Gasteiger partial charge is 0.398 e. The van der Waals surface area contributed by atoms with E-state index in [9.17, 15) is 50.1 Å². The number of aliphatic hydroxyl groups is 2. The zero-order chi connectivity index (χ0) is 49.2. The van der Waals surface area contributed by atoms with E-state index >= 15 is 0 Å². The number of rotatable bonds is 10. The van der Waals surface area contributed by atoms with Crippen molar-refractivity contribution in [3.63, 3.8) is 0 Å². The van der Waals surface area contributed by atoms with Crippen LogP contribution in [0.15, 0.2) is 119 Å². The molecule has 0 saturated heterocycles. The third-order valence-corrected chi connectivity index (χ3v) is 12.2. The zero-order valence-corrected chi connectivity index (χ0v) is 40.1. The predicted molar refractivity (Wildman–Crippen MR) is 260 cm³/mol. The second-order valence-corrected chi connectivity index (χ2v) is 18.1. The number of aryl methyl sites for hydroxylation is 1. The molecule has 0 bridgehead atoms. The van der Waals surface area contributed by atoms with E-state index < -0.39 is 27.0 Å². The van der Waals surface area contributed by atoms with Crippen LogP contribution in [0.5, 0.6) is 0 Å². The first-order valence-electron chi connectivity index (χ1n) is 18.2. The van der Waals surface area contributed by atoms with Gasteiger partial charge in [-0.1, -0.05) is 46.4 Å². The molecule has 2 unspecified atom stereocenters. The van der Waals surface area contributed by atoms with Crippen LogP contribution >= 0.6 is 91.8 Å². The maximum atomic E-state index is 11.9. The first-order chi connectivity index (χ1) is 31.9. The molecule has 0 aliphatic heterocycles. The molecular formula is C41H30Cl4N8O10S4. The van der Waals surface area contributed by atoms with E-state index in [4.69, 9.17) is 52.1 Å². The molecule has 0 saturated carbocycles. The Morgan fingerprint density at radius 2 is 1.03 bits per heavy atom. The molecule has 26 heteroatoms. The van der Waals surface area contributed by atoms with Crippen LogP contribution in [0.2, 0.25) is 20.1 Å². The number of thiazole rings is 4. The number of benzene rings is 4. The van der Waals surface area contributed by atoms with E-state index in [2.05, 4.69) is 19.9 Å². The zero-order valence-electron chi connectivity index (χ0n) is 33.8.